The number of thiophene rings is 1. The monoisotopic (exact) mass is 426 g/mol. The first kappa shape index (κ1) is 20.3. The molecule has 1 atom stereocenters. The van der Waals surface area contributed by atoms with Crippen molar-refractivity contribution in [2.24, 2.45) is 5.92 Å². The highest BCUT2D eigenvalue weighted by molar-refractivity contribution is 7.91. The Bertz CT molecular complexity index is 869. The second kappa shape index (κ2) is 9.19. The molecule has 0 radical (unpaired) electrons. The average Bonchev–Trinajstić information content (AvgIpc) is 3.22. The minimum Gasteiger partial charge on any atom is -0.356 e. The molecule has 0 saturated carbocycles. The van der Waals surface area contributed by atoms with Gasteiger partial charge in [0.25, 0.3) is 10.0 Å². The summed E-state index contributed by atoms with van der Waals surface area (Å²) >= 11 is 7.35. The van der Waals surface area contributed by atoms with Crippen LogP contribution >= 0.6 is 22.9 Å². The van der Waals surface area contributed by atoms with Gasteiger partial charge in [-0.05, 0) is 48.8 Å². The SMILES string of the molecule is O=C(NCCCc1ccccc1Cl)[C@@H]1CCCN(S(=O)(=O)c2cccs2)C1. The van der Waals surface area contributed by atoms with E-state index >= 15 is 0 Å². The summed E-state index contributed by atoms with van der Waals surface area (Å²) in [7, 11) is -3.49. The maximum atomic E-state index is 12.7. The van der Waals surface area contributed by atoms with Gasteiger partial charge in [0.15, 0.2) is 0 Å². The maximum Gasteiger partial charge on any atom is 0.252 e. The Hall–Kier alpha value is -1.41. The molecule has 2 aromatic rings. The van der Waals surface area contributed by atoms with Gasteiger partial charge in [-0.1, -0.05) is 35.9 Å². The third kappa shape index (κ3) is 5.10. The molecule has 0 spiro atoms. The third-order valence-electron chi connectivity index (χ3n) is 4.72. The van der Waals surface area contributed by atoms with Crippen molar-refractivity contribution in [1.29, 1.82) is 0 Å². The lowest BCUT2D eigenvalue weighted by atomic mass is 9.99. The standard InChI is InChI=1S/C19H23ClN2O3S2/c20-17-9-2-1-6-15(17)7-3-11-21-19(23)16-8-4-12-22(14-16)27(24,25)18-10-5-13-26-18/h1-2,5-6,9-10,13,16H,3-4,7-8,11-12,14H2,(H,21,23)/t16-/m1/s1. The normalized spacial score (nSPS) is 18.3. The first-order valence-corrected chi connectivity index (χ1v) is 11.7. The number of halogens is 1. The zero-order valence-electron chi connectivity index (χ0n) is 14.9. The fourth-order valence-electron chi connectivity index (χ4n) is 3.25. The number of nitrogens with one attached hydrogen (secondary N) is 1. The van der Waals surface area contributed by atoms with Crippen LogP contribution in [0.15, 0.2) is 46.0 Å². The second-order valence-electron chi connectivity index (χ2n) is 6.62. The molecular formula is C19H23ClN2O3S2. The summed E-state index contributed by atoms with van der Waals surface area (Å²) in [4.78, 5) is 12.5. The topological polar surface area (TPSA) is 66.5 Å². The highest BCUT2D eigenvalue weighted by Crippen LogP contribution is 2.26. The second-order valence-corrected chi connectivity index (χ2v) is 10.1. The summed E-state index contributed by atoms with van der Waals surface area (Å²) in [5.74, 6) is -0.367. The minimum absolute atomic E-state index is 0.0692. The number of piperidine rings is 1. The molecule has 1 aliphatic heterocycles. The van der Waals surface area contributed by atoms with Gasteiger partial charge in [0, 0.05) is 24.7 Å². The molecule has 2 heterocycles. The van der Waals surface area contributed by atoms with Crippen molar-refractivity contribution < 1.29 is 13.2 Å². The maximum absolute atomic E-state index is 12.7. The zero-order valence-corrected chi connectivity index (χ0v) is 17.3. The number of rotatable bonds is 7. The number of nitrogens with zero attached hydrogens (tertiary/aromatic N) is 1. The summed E-state index contributed by atoms with van der Waals surface area (Å²) in [6.45, 7) is 1.27. The van der Waals surface area contributed by atoms with E-state index in [4.69, 9.17) is 11.6 Å². The smallest absolute Gasteiger partial charge is 0.252 e. The summed E-state index contributed by atoms with van der Waals surface area (Å²) in [5, 5.41) is 5.44. The zero-order chi connectivity index (χ0) is 19.3. The highest BCUT2D eigenvalue weighted by Gasteiger charge is 2.33. The van der Waals surface area contributed by atoms with E-state index in [1.165, 1.54) is 15.6 Å². The number of benzene rings is 1. The summed E-state index contributed by atoms with van der Waals surface area (Å²) < 4.78 is 27.1. The number of carbonyl (C=O) groups excluding carboxylic acids is 1. The lowest BCUT2D eigenvalue weighted by Crippen LogP contribution is -2.45. The van der Waals surface area contributed by atoms with E-state index in [-0.39, 0.29) is 18.4 Å². The van der Waals surface area contributed by atoms with Crippen molar-refractivity contribution in [3.05, 3.63) is 52.4 Å². The number of carbonyl (C=O) groups is 1. The van der Waals surface area contributed by atoms with Crippen molar-refractivity contribution in [3.8, 4) is 0 Å². The molecular weight excluding hydrogens is 404 g/mol. The van der Waals surface area contributed by atoms with Crippen molar-refractivity contribution in [2.45, 2.75) is 29.9 Å². The van der Waals surface area contributed by atoms with Crippen LogP contribution in [0.4, 0.5) is 0 Å². The Kier molecular flexibility index (Phi) is 6.92. The van der Waals surface area contributed by atoms with E-state index in [1.54, 1.807) is 17.5 Å². The van der Waals surface area contributed by atoms with Crippen LogP contribution < -0.4 is 5.32 Å². The number of amides is 1. The molecule has 1 saturated heterocycles. The molecule has 0 bridgehead atoms. The lowest BCUT2D eigenvalue weighted by molar-refractivity contribution is -0.126. The van der Waals surface area contributed by atoms with Crippen LogP contribution in [0, 0.1) is 5.92 Å². The number of aryl methyl sites for hydroxylation is 1. The molecule has 0 aliphatic carbocycles. The van der Waals surface area contributed by atoms with Gasteiger partial charge in [0.1, 0.15) is 4.21 Å². The van der Waals surface area contributed by atoms with Gasteiger partial charge in [-0.3, -0.25) is 4.79 Å². The summed E-state index contributed by atoms with van der Waals surface area (Å²) in [5.41, 5.74) is 1.07. The fraction of sp³-hybridized carbons (Fsp3) is 0.421. The molecule has 1 aliphatic rings. The molecule has 8 heteroatoms. The molecule has 1 amide bonds. The van der Waals surface area contributed by atoms with Gasteiger partial charge in [-0.2, -0.15) is 4.31 Å². The van der Waals surface area contributed by atoms with Crippen molar-refractivity contribution >= 4 is 38.9 Å². The molecule has 3 rings (SSSR count). The van der Waals surface area contributed by atoms with Crippen LogP contribution in [0.5, 0.6) is 0 Å². The molecule has 5 nitrogen and oxygen atoms in total. The van der Waals surface area contributed by atoms with Crippen LogP contribution in [0.2, 0.25) is 5.02 Å². The Morgan fingerprint density at radius 3 is 2.81 bits per heavy atom. The Labute approximate surface area is 169 Å². The predicted octanol–water partition coefficient (Wildman–Crippen LogP) is 3.55. The largest absolute Gasteiger partial charge is 0.356 e. The van der Waals surface area contributed by atoms with Gasteiger partial charge in [0.2, 0.25) is 5.91 Å². The van der Waals surface area contributed by atoms with E-state index in [2.05, 4.69) is 5.32 Å². The van der Waals surface area contributed by atoms with Crippen LogP contribution in [-0.2, 0) is 21.2 Å². The van der Waals surface area contributed by atoms with Gasteiger partial charge in [-0.25, -0.2) is 8.42 Å². The number of hydrogen-bond donors (Lipinski definition) is 1. The average molecular weight is 427 g/mol. The van der Waals surface area contributed by atoms with E-state index in [1.807, 2.05) is 24.3 Å². The lowest BCUT2D eigenvalue weighted by Gasteiger charge is -2.30. The van der Waals surface area contributed by atoms with E-state index in [0.717, 1.165) is 23.4 Å². The van der Waals surface area contributed by atoms with Gasteiger partial charge >= 0.3 is 0 Å². The fourth-order valence-corrected chi connectivity index (χ4v) is 6.15. The molecule has 0 unspecified atom stereocenters. The van der Waals surface area contributed by atoms with Crippen LogP contribution in [0.25, 0.3) is 0 Å². The Morgan fingerprint density at radius 2 is 2.07 bits per heavy atom. The minimum atomic E-state index is -3.49. The first-order valence-electron chi connectivity index (χ1n) is 9.03. The summed E-state index contributed by atoms with van der Waals surface area (Å²) in [6.07, 6.45) is 3.00. The van der Waals surface area contributed by atoms with E-state index in [0.29, 0.717) is 30.1 Å². The first-order chi connectivity index (χ1) is 13.0. The van der Waals surface area contributed by atoms with Gasteiger partial charge < -0.3 is 5.32 Å². The third-order valence-corrected chi connectivity index (χ3v) is 8.33. The van der Waals surface area contributed by atoms with Crippen LogP contribution in [0.1, 0.15) is 24.8 Å². The Morgan fingerprint density at radius 1 is 1.26 bits per heavy atom. The highest BCUT2D eigenvalue weighted by atomic mass is 35.5. The van der Waals surface area contributed by atoms with E-state index < -0.39 is 10.0 Å². The molecule has 1 fully saturated rings. The predicted molar refractivity (Wildman–Crippen MR) is 109 cm³/mol. The summed E-state index contributed by atoms with van der Waals surface area (Å²) in [6, 6.07) is 11.0. The van der Waals surface area contributed by atoms with Crippen molar-refractivity contribution in [1.82, 2.24) is 9.62 Å². The number of sulfonamides is 1. The van der Waals surface area contributed by atoms with Gasteiger partial charge in [0.05, 0.1) is 5.92 Å². The Balaban J connectivity index is 1.49. The molecule has 146 valence electrons. The quantitative estimate of drug-likeness (QED) is 0.688. The molecule has 1 aromatic carbocycles. The molecule has 1 N–H and O–H groups in total. The van der Waals surface area contributed by atoms with Crippen molar-refractivity contribution in [3.63, 3.8) is 0 Å². The van der Waals surface area contributed by atoms with Gasteiger partial charge in [-0.15, -0.1) is 11.3 Å². The van der Waals surface area contributed by atoms with E-state index in [9.17, 15) is 13.2 Å². The molecule has 27 heavy (non-hydrogen) atoms. The van der Waals surface area contributed by atoms with Crippen LogP contribution in [-0.4, -0.2) is 38.3 Å². The number of hydrogen-bond acceptors (Lipinski definition) is 4. The molecule has 1 aromatic heterocycles. The van der Waals surface area contributed by atoms with Crippen molar-refractivity contribution in [2.75, 3.05) is 19.6 Å². The van der Waals surface area contributed by atoms with Crippen LogP contribution in [0.3, 0.4) is 0 Å².